The molecule has 1 aliphatic heterocycles. The van der Waals surface area contributed by atoms with E-state index in [2.05, 4.69) is 15.6 Å². The first-order chi connectivity index (χ1) is 10.9. The highest BCUT2D eigenvalue weighted by Crippen LogP contribution is 2.24. The van der Waals surface area contributed by atoms with Crippen molar-refractivity contribution in [3.63, 3.8) is 0 Å². The number of sulfone groups is 1. The van der Waals surface area contributed by atoms with E-state index in [1.165, 1.54) is 19.2 Å². The van der Waals surface area contributed by atoms with Crippen molar-refractivity contribution in [2.45, 2.75) is 11.8 Å². The average molecular weight is 333 g/mol. The van der Waals surface area contributed by atoms with Gasteiger partial charge in [-0.1, -0.05) is 18.2 Å². The SMILES string of the molecule is CNC(=N)/C(=C1/N=C(CN)C=C(C)N1)S(=O)(=O)c1ccccc1. The molecule has 8 heteroatoms. The fourth-order valence-electron chi connectivity index (χ4n) is 2.10. The van der Waals surface area contributed by atoms with Gasteiger partial charge in [-0.15, -0.1) is 0 Å². The third kappa shape index (κ3) is 3.49. The van der Waals surface area contributed by atoms with Gasteiger partial charge in [0.1, 0.15) is 5.84 Å². The van der Waals surface area contributed by atoms with Gasteiger partial charge in [-0.05, 0) is 25.1 Å². The van der Waals surface area contributed by atoms with Crippen LogP contribution in [0.5, 0.6) is 0 Å². The Hall–Kier alpha value is -2.45. The Labute approximate surface area is 135 Å². The number of benzene rings is 1. The Kier molecular flexibility index (Phi) is 4.97. The molecule has 5 N–H and O–H groups in total. The van der Waals surface area contributed by atoms with Gasteiger partial charge >= 0.3 is 0 Å². The van der Waals surface area contributed by atoms with Crippen molar-refractivity contribution in [3.8, 4) is 0 Å². The van der Waals surface area contributed by atoms with Crippen molar-refractivity contribution in [2.24, 2.45) is 10.7 Å². The summed E-state index contributed by atoms with van der Waals surface area (Å²) < 4.78 is 25.9. The molecule has 23 heavy (non-hydrogen) atoms. The van der Waals surface area contributed by atoms with Gasteiger partial charge < -0.3 is 16.4 Å². The maximum Gasteiger partial charge on any atom is 0.213 e. The topological polar surface area (TPSA) is 120 Å². The number of hydrogen-bond donors (Lipinski definition) is 4. The average Bonchev–Trinajstić information content (AvgIpc) is 2.54. The van der Waals surface area contributed by atoms with Gasteiger partial charge in [0, 0.05) is 19.3 Å². The van der Waals surface area contributed by atoms with E-state index in [0.29, 0.717) is 11.4 Å². The number of allylic oxidation sites excluding steroid dienone is 1. The maximum absolute atomic E-state index is 12.9. The van der Waals surface area contributed by atoms with E-state index < -0.39 is 9.84 Å². The van der Waals surface area contributed by atoms with Gasteiger partial charge in [0.15, 0.2) is 10.7 Å². The first-order valence-corrected chi connectivity index (χ1v) is 8.42. The van der Waals surface area contributed by atoms with Gasteiger partial charge in [0.05, 0.1) is 10.6 Å². The Morgan fingerprint density at radius 1 is 1.35 bits per heavy atom. The molecule has 1 aromatic carbocycles. The lowest BCUT2D eigenvalue weighted by Gasteiger charge is -2.19. The molecular weight excluding hydrogens is 314 g/mol. The third-order valence-electron chi connectivity index (χ3n) is 3.18. The second-order valence-corrected chi connectivity index (χ2v) is 6.77. The quantitative estimate of drug-likeness (QED) is 0.478. The molecule has 1 aromatic rings. The minimum Gasteiger partial charge on any atom is -0.372 e. The molecule has 2 rings (SSSR count). The predicted molar refractivity (Wildman–Crippen MR) is 90.8 cm³/mol. The summed E-state index contributed by atoms with van der Waals surface area (Å²) in [5.41, 5.74) is 6.86. The molecule has 0 atom stereocenters. The third-order valence-corrected chi connectivity index (χ3v) is 5.01. The van der Waals surface area contributed by atoms with Crippen molar-refractivity contribution in [3.05, 3.63) is 52.8 Å². The van der Waals surface area contributed by atoms with Crippen LogP contribution in [0, 0.1) is 5.41 Å². The van der Waals surface area contributed by atoms with Crippen LogP contribution in [0.4, 0.5) is 0 Å². The summed E-state index contributed by atoms with van der Waals surface area (Å²) in [6.45, 7) is 1.95. The molecule has 0 radical (unpaired) electrons. The Morgan fingerprint density at radius 3 is 2.57 bits per heavy atom. The van der Waals surface area contributed by atoms with E-state index in [0.717, 1.165) is 0 Å². The molecule has 1 heterocycles. The monoisotopic (exact) mass is 333 g/mol. The van der Waals surface area contributed by atoms with Crippen LogP contribution in [0.3, 0.4) is 0 Å². The molecule has 0 unspecified atom stereocenters. The van der Waals surface area contributed by atoms with Crippen molar-refractivity contribution in [2.75, 3.05) is 13.6 Å². The molecule has 7 nitrogen and oxygen atoms in total. The largest absolute Gasteiger partial charge is 0.372 e. The number of aliphatic imine (C=N–C) groups is 1. The van der Waals surface area contributed by atoms with Crippen molar-refractivity contribution in [1.29, 1.82) is 5.41 Å². The fourth-order valence-corrected chi connectivity index (χ4v) is 3.57. The molecule has 122 valence electrons. The van der Waals surface area contributed by atoms with Gasteiger partial charge in [-0.25, -0.2) is 13.4 Å². The molecule has 0 saturated heterocycles. The zero-order valence-electron chi connectivity index (χ0n) is 12.9. The molecule has 0 aromatic heterocycles. The number of nitrogens with one attached hydrogen (secondary N) is 3. The summed E-state index contributed by atoms with van der Waals surface area (Å²) in [5.74, 6) is -0.153. The van der Waals surface area contributed by atoms with Gasteiger partial charge in [0.2, 0.25) is 9.84 Å². The minimum atomic E-state index is -3.91. The van der Waals surface area contributed by atoms with Gasteiger partial charge in [0.25, 0.3) is 0 Å². The van der Waals surface area contributed by atoms with Crippen LogP contribution < -0.4 is 16.4 Å². The summed E-state index contributed by atoms with van der Waals surface area (Å²) in [6.07, 6.45) is 1.74. The number of hydrogen-bond acceptors (Lipinski definition) is 6. The van der Waals surface area contributed by atoms with Crippen LogP contribution in [0.2, 0.25) is 0 Å². The van der Waals surface area contributed by atoms with E-state index in [9.17, 15) is 8.42 Å². The first-order valence-electron chi connectivity index (χ1n) is 6.94. The fraction of sp³-hybridized carbons (Fsp3) is 0.200. The molecule has 0 amide bonds. The smallest absolute Gasteiger partial charge is 0.213 e. The van der Waals surface area contributed by atoms with Crippen LogP contribution in [-0.4, -0.2) is 33.6 Å². The lowest BCUT2D eigenvalue weighted by atomic mass is 10.2. The Morgan fingerprint density at radius 2 is 2.00 bits per heavy atom. The number of nitrogens with zero attached hydrogens (tertiary/aromatic N) is 1. The van der Waals surface area contributed by atoms with E-state index >= 15 is 0 Å². The van der Waals surface area contributed by atoms with Crippen molar-refractivity contribution < 1.29 is 8.42 Å². The second-order valence-electron chi connectivity index (χ2n) is 4.88. The van der Waals surface area contributed by atoms with Crippen LogP contribution in [0.1, 0.15) is 6.92 Å². The molecule has 1 aliphatic rings. The standard InChI is InChI=1S/C15H19N5O2S/c1-10-8-11(9-16)20-15(19-10)13(14(17)18-2)23(21,22)12-6-4-3-5-7-12/h3-8,19H,9,16H2,1-2H3,(H2,17,18)/b15-13-. The second kappa shape index (κ2) is 6.76. The zero-order valence-corrected chi connectivity index (χ0v) is 13.7. The van der Waals surface area contributed by atoms with Gasteiger partial charge in [-0.3, -0.25) is 5.41 Å². The van der Waals surface area contributed by atoms with Gasteiger partial charge in [-0.2, -0.15) is 0 Å². The van der Waals surface area contributed by atoms with E-state index in [1.807, 2.05) is 0 Å². The van der Waals surface area contributed by atoms with E-state index in [1.54, 1.807) is 31.2 Å². The molecule has 0 saturated carbocycles. The minimum absolute atomic E-state index is 0.0913. The van der Waals surface area contributed by atoms with Crippen LogP contribution >= 0.6 is 0 Å². The highest BCUT2D eigenvalue weighted by molar-refractivity contribution is 7.96. The molecule has 0 aliphatic carbocycles. The van der Waals surface area contributed by atoms with Crippen LogP contribution in [0.15, 0.2) is 62.7 Å². The molecule has 0 fully saturated rings. The highest BCUT2D eigenvalue weighted by atomic mass is 32.2. The lowest BCUT2D eigenvalue weighted by molar-refractivity contribution is 0.602. The summed E-state index contributed by atoms with van der Waals surface area (Å²) >= 11 is 0. The number of nitrogens with two attached hydrogens (primary N) is 1. The normalized spacial score (nSPS) is 16.8. The van der Waals surface area contributed by atoms with Crippen LogP contribution in [0.25, 0.3) is 0 Å². The lowest BCUT2D eigenvalue weighted by Crippen LogP contribution is -2.31. The predicted octanol–water partition coefficient (Wildman–Crippen LogP) is 0.733. The number of rotatable bonds is 4. The van der Waals surface area contributed by atoms with E-state index in [-0.39, 0.29) is 28.0 Å². The summed E-state index contributed by atoms with van der Waals surface area (Å²) in [6, 6.07) is 7.96. The summed E-state index contributed by atoms with van der Waals surface area (Å²) in [7, 11) is -2.42. The molecule has 0 bridgehead atoms. The van der Waals surface area contributed by atoms with Crippen molar-refractivity contribution >= 4 is 21.4 Å². The summed E-state index contributed by atoms with van der Waals surface area (Å²) in [4.78, 5) is 4.12. The first kappa shape index (κ1) is 16.9. The van der Waals surface area contributed by atoms with Crippen LogP contribution in [-0.2, 0) is 9.84 Å². The molecular formula is C15H19N5O2S. The van der Waals surface area contributed by atoms with E-state index in [4.69, 9.17) is 11.1 Å². The number of amidine groups is 1. The summed E-state index contributed by atoms with van der Waals surface area (Å²) in [5, 5.41) is 13.5. The zero-order chi connectivity index (χ0) is 17.0. The number of likely N-dealkylation sites (N-methyl/N-ethyl adjacent to an activating group) is 1. The maximum atomic E-state index is 12.9. The molecule has 0 spiro atoms. The Balaban J connectivity index is 2.69. The van der Waals surface area contributed by atoms with Crippen molar-refractivity contribution in [1.82, 2.24) is 10.6 Å². The Bertz CT molecular complexity index is 808. The highest BCUT2D eigenvalue weighted by Gasteiger charge is 2.29.